The molecule has 0 aliphatic rings. The summed E-state index contributed by atoms with van der Waals surface area (Å²) in [6, 6.07) is 0. The van der Waals surface area contributed by atoms with Crippen LogP contribution in [0.1, 0.15) is 65.4 Å². The molecule has 0 saturated heterocycles. The van der Waals surface area contributed by atoms with Gasteiger partial charge in [-0.1, -0.05) is 32.6 Å². The van der Waals surface area contributed by atoms with Crippen LogP contribution in [-0.4, -0.2) is 28.4 Å². The number of unbranched alkanes of at least 4 members (excludes halogenated alkanes) is 4. The van der Waals surface area contributed by atoms with E-state index in [9.17, 15) is 4.79 Å². The molecule has 0 unspecified atom stereocenters. The van der Waals surface area contributed by atoms with Crippen LogP contribution in [0.3, 0.4) is 0 Å². The number of H-pyrrole nitrogens is 1. The summed E-state index contributed by atoms with van der Waals surface area (Å²) in [5.74, 6) is 0.590. The van der Waals surface area contributed by atoms with Crippen molar-refractivity contribution in [2.24, 2.45) is 0 Å². The molecule has 1 heterocycles. The topological polar surface area (TPSA) is 79.0 Å². The maximum atomic E-state index is 11.8. The Morgan fingerprint density at radius 3 is 2.68 bits per heavy atom. The second kappa shape index (κ2) is 9.46. The van der Waals surface area contributed by atoms with E-state index >= 15 is 0 Å². The smallest absolute Gasteiger partial charge is 0.413 e. The van der Waals surface area contributed by atoms with E-state index < -0.39 is 11.7 Å². The number of rotatable bonds is 9. The summed E-state index contributed by atoms with van der Waals surface area (Å²) < 4.78 is 5.23. The van der Waals surface area contributed by atoms with Crippen LogP contribution in [0.4, 0.5) is 10.6 Å². The highest BCUT2D eigenvalue weighted by Gasteiger charge is 2.17. The minimum atomic E-state index is -0.513. The van der Waals surface area contributed by atoms with Crippen molar-refractivity contribution in [2.45, 2.75) is 71.9 Å². The first-order valence-corrected chi connectivity index (χ1v) is 8.15. The second-order valence-electron chi connectivity index (χ2n) is 6.49. The molecule has 0 fully saturated rings. The molecule has 0 spiro atoms. The summed E-state index contributed by atoms with van der Waals surface area (Å²) >= 11 is 0. The van der Waals surface area contributed by atoms with E-state index in [2.05, 4.69) is 27.8 Å². The molecule has 1 rings (SSSR count). The zero-order valence-corrected chi connectivity index (χ0v) is 14.3. The molecule has 6 heteroatoms. The summed E-state index contributed by atoms with van der Waals surface area (Å²) in [5, 5.41) is 12.8. The van der Waals surface area contributed by atoms with Gasteiger partial charge in [-0.25, -0.2) is 4.79 Å². The third kappa shape index (κ3) is 8.02. The van der Waals surface area contributed by atoms with Crippen molar-refractivity contribution < 1.29 is 9.53 Å². The third-order valence-electron chi connectivity index (χ3n) is 3.12. The zero-order chi connectivity index (χ0) is 16.4. The van der Waals surface area contributed by atoms with Gasteiger partial charge in [0.05, 0.1) is 6.20 Å². The highest BCUT2D eigenvalue weighted by molar-refractivity contribution is 5.84. The number of carbonyl (C=O) groups excluding carboxylic acids is 1. The van der Waals surface area contributed by atoms with E-state index in [1.54, 1.807) is 6.20 Å². The predicted octanol–water partition coefficient (Wildman–Crippen LogP) is 3.82. The van der Waals surface area contributed by atoms with Crippen LogP contribution in [-0.2, 0) is 11.3 Å². The van der Waals surface area contributed by atoms with Gasteiger partial charge in [-0.05, 0) is 33.7 Å². The Hall–Kier alpha value is -1.56. The lowest BCUT2D eigenvalue weighted by atomic mass is 10.1. The fourth-order valence-corrected chi connectivity index (χ4v) is 2.04. The summed E-state index contributed by atoms with van der Waals surface area (Å²) in [5.41, 5.74) is 0.417. The maximum absolute atomic E-state index is 11.8. The number of anilines is 1. The lowest BCUT2D eigenvalue weighted by molar-refractivity contribution is 0.0635. The molecule has 1 aromatic heterocycles. The lowest BCUT2D eigenvalue weighted by Crippen LogP contribution is -2.27. The van der Waals surface area contributed by atoms with Crippen LogP contribution in [0, 0.1) is 0 Å². The molecule has 0 aliphatic carbocycles. The van der Waals surface area contributed by atoms with Gasteiger partial charge >= 0.3 is 6.09 Å². The van der Waals surface area contributed by atoms with Gasteiger partial charge in [0.25, 0.3) is 0 Å². The molecule has 3 N–H and O–H groups in total. The standard InChI is InChI=1S/C16H30N4O2/c1-5-6-7-8-9-10-17-11-13-12-18-20-14(13)19-15(21)22-16(2,3)4/h12,17H,5-11H2,1-4H3,(H2,18,19,20,21). The van der Waals surface area contributed by atoms with Crippen molar-refractivity contribution in [1.82, 2.24) is 15.5 Å². The Balaban J connectivity index is 2.28. The highest BCUT2D eigenvalue weighted by atomic mass is 16.6. The van der Waals surface area contributed by atoms with E-state index in [1.807, 2.05) is 20.8 Å². The Labute approximate surface area is 133 Å². The Morgan fingerprint density at radius 2 is 2.00 bits per heavy atom. The van der Waals surface area contributed by atoms with Crippen LogP contribution in [0.25, 0.3) is 0 Å². The molecule has 0 radical (unpaired) electrons. The van der Waals surface area contributed by atoms with Crippen molar-refractivity contribution in [3.63, 3.8) is 0 Å². The fourth-order valence-electron chi connectivity index (χ4n) is 2.04. The van der Waals surface area contributed by atoms with Crippen LogP contribution < -0.4 is 10.6 Å². The van der Waals surface area contributed by atoms with Gasteiger partial charge in [0, 0.05) is 12.1 Å². The molecule has 0 bridgehead atoms. The van der Waals surface area contributed by atoms with Crippen molar-refractivity contribution in [2.75, 3.05) is 11.9 Å². The molecular weight excluding hydrogens is 280 g/mol. The Kier molecular flexibility index (Phi) is 7.95. The van der Waals surface area contributed by atoms with E-state index in [0.29, 0.717) is 12.4 Å². The maximum Gasteiger partial charge on any atom is 0.413 e. The van der Waals surface area contributed by atoms with E-state index in [4.69, 9.17) is 4.74 Å². The summed E-state index contributed by atoms with van der Waals surface area (Å²) in [6.45, 7) is 9.37. The number of amides is 1. The fraction of sp³-hybridized carbons (Fsp3) is 0.750. The average molecular weight is 310 g/mol. The monoisotopic (exact) mass is 310 g/mol. The van der Waals surface area contributed by atoms with Crippen molar-refractivity contribution >= 4 is 11.9 Å². The summed E-state index contributed by atoms with van der Waals surface area (Å²) in [7, 11) is 0. The Bertz CT molecular complexity index is 438. The van der Waals surface area contributed by atoms with Crippen LogP contribution in [0.2, 0.25) is 0 Å². The molecule has 1 amide bonds. The van der Waals surface area contributed by atoms with Crippen molar-refractivity contribution in [3.8, 4) is 0 Å². The van der Waals surface area contributed by atoms with Crippen LogP contribution in [0.15, 0.2) is 6.20 Å². The number of carbonyl (C=O) groups is 1. The number of hydrogen-bond donors (Lipinski definition) is 3. The van der Waals surface area contributed by atoms with Gasteiger partial charge in [0.1, 0.15) is 11.4 Å². The van der Waals surface area contributed by atoms with Crippen LogP contribution >= 0.6 is 0 Å². The zero-order valence-electron chi connectivity index (χ0n) is 14.3. The quantitative estimate of drug-likeness (QED) is 0.606. The number of aromatic nitrogens is 2. The molecule has 126 valence electrons. The van der Waals surface area contributed by atoms with E-state index in [1.165, 1.54) is 32.1 Å². The van der Waals surface area contributed by atoms with Crippen LogP contribution in [0.5, 0.6) is 0 Å². The largest absolute Gasteiger partial charge is 0.444 e. The lowest BCUT2D eigenvalue weighted by Gasteiger charge is -2.19. The molecule has 6 nitrogen and oxygen atoms in total. The number of hydrogen-bond acceptors (Lipinski definition) is 4. The summed E-state index contributed by atoms with van der Waals surface area (Å²) in [6.07, 6.45) is 7.56. The predicted molar refractivity (Wildman–Crippen MR) is 88.9 cm³/mol. The first-order valence-electron chi connectivity index (χ1n) is 8.15. The van der Waals surface area contributed by atoms with Crippen molar-refractivity contribution in [3.05, 3.63) is 11.8 Å². The second-order valence-corrected chi connectivity index (χ2v) is 6.49. The number of ether oxygens (including phenoxy) is 1. The molecular formula is C16H30N4O2. The molecule has 0 aromatic carbocycles. The van der Waals surface area contributed by atoms with Gasteiger partial charge in [0.15, 0.2) is 0 Å². The summed E-state index contributed by atoms with van der Waals surface area (Å²) in [4.78, 5) is 11.8. The molecule has 1 aromatic rings. The number of nitrogens with zero attached hydrogens (tertiary/aromatic N) is 1. The molecule has 0 aliphatic heterocycles. The normalized spacial score (nSPS) is 11.5. The minimum absolute atomic E-state index is 0.474. The SMILES string of the molecule is CCCCCCCNCc1cn[nH]c1NC(=O)OC(C)(C)C. The van der Waals surface area contributed by atoms with Gasteiger partial charge in [-0.15, -0.1) is 0 Å². The first-order chi connectivity index (χ1) is 10.4. The van der Waals surface area contributed by atoms with Gasteiger partial charge in [-0.3, -0.25) is 10.4 Å². The molecule has 0 saturated carbocycles. The number of aromatic amines is 1. The Morgan fingerprint density at radius 1 is 1.27 bits per heavy atom. The number of nitrogens with one attached hydrogen (secondary N) is 3. The van der Waals surface area contributed by atoms with Gasteiger partial charge < -0.3 is 10.1 Å². The van der Waals surface area contributed by atoms with E-state index in [0.717, 1.165) is 12.1 Å². The molecule has 22 heavy (non-hydrogen) atoms. The highest BCUT2D eigenvalue weighted by Crippen LogP contribution is 2.13. The minimum Gasteiger partial charge on any atom is -0.444 e. The van der Waals surface area contributed by atoms with Crippen molar-refractivity contribution in [1.29, 1.82) is 0 Å². The molecule has 0 atom stereocenters. The first kappa shape index (κ1) is 18.5. The van der Waals surface area contributed by atoms with E-state index in [-0.39, 0.29) is 0 Å². The third-order valence-corrected chi connectivity index (χ3v) is 3.12. The average Bonchev–Trinajstić information content (AvgIpc) is 2.83. The van der Waals surface area contributed by atoms with Gasteiger partial charge in [0.2, 0.25) is 0 Å². The van der Waals surface area contributed by atoms with Gasteiger partial charge in [-0.2, -0.15) is 5.10 Å².